The normalized spacial score (nSPS) is 17.8. The van der Waals surface area contributed by atoms with E-state index < -0.39 is 11.4 Å². The third-order valence-electron chi connectivity index (χ3n) is 6.14. The predicted octanol–water partition coefficient (Wildman–Crippen LogP) is 3.42. The summed E-state index contributed by atoms with van der Waals surface area (Å²) < 4.78 is 20.5. The first-order valence-electron chi connectivity index (χ1n) is 10.3. The van der Waals surface area contributed by atoms with Crippen LogP contribution >= 0.6 is 0 Å². The summed E-state index contributed by atoms with van der Waals surface area (Å²) in [5.41, 5.74) is 8.35. The van der Waals surface area contributed by atoms with Crippen LogP contribution in [0, 0.1) is 23.1 Å². The van der Waals surface area contributed by atoms with Gasteiger partial charge in [-0.3, -0.25) is 14.9 Å². The Hall–Kier alpha value is -4.52. The molecule has 1 aliphatic carbocycles. The first-order chi connectivity index (χ1) is 16.0. The van der Waals surface area contributed by atoms with Crippen molar-refractivity contribution in [3.63, 3.8) is 0 Å². The Balaban J connectivity index is 1.67. The zero-order chi connectivity index (χ0) is 22.7. The highest BCUT2D eigenvalue weighted by Gasteiger charge is 2.32. The van der Waals surface area contributed by atoms with E-state index in [0.29, 0.717) is 57.0 Å². The van der Waals surface area contributed by atoms with Crippen molar-refractivity contribution in [2.45, 2.75) is 18.9 Å². The van der Waals surface area contributed by atoms with Gasteiger partial charge in [0, 0.05) is 41.6 Å². The van der Waals surface area contributed by atoms with Gasteiger partial charge in [0.25, 0.3) is 5.56 Å². The molecule has 1 fully saturated rings. The lowest BCUT2D eigenvalue weighted by molar-refractivity contribution is 0.0908. The van der Waals surface area contributed by atoms with Crippen LogP contribution in [-0.4, -0.2) is 31.3 Å². The van der Waals surface area contributed by atoms with Gasteiger partial charge in [0.2, 0.25) is 0 Å². The van der Waals surface area contributed by atoms with Crippen LogP contribution in [0.2, 0.25) is 0 Å². The average molecular weight is 441 g/mol. The maximum absolute atomic E-state index is 14.3. The SMILES string of the molecule is N#CC1CC(Oc2cc3c(-c4ccc(F)c5[nH]ncc45)c(N)c(=O)[nH]c3c3nccnc23)C1. The smallest absolute Gasteiger partial charge is 0.272 e. The molecule has 2 aromatic carbocycles. The largest absolute Gasteiger partial charge is 0.488 e. The van der Waals surface area contributed by atoms with E-state index in [4.69, 9.17) is 15.7 Å². The van der Waals surface area contributed by atoms with E-state index >= 15 is 0 Å². The second-order valence-electron chi connectivity index (χ2n) is 8.08. The topological polar surface area (TPSA) is 146 Å². The summed E-state index contributed by atoms with van der Waals surface area (Å²) in [6, 6.07) is 6.88. The maximum Gasteiger partial charge on any atom is 0.272 e. The fourth-order valence-corrected chi connectivity index (χ4v) is 4.41. The molecule has 0 spiro atoms. The molecule has 3 heterocycles. The number of nitriles is 1. The number of rotatable bonds is 3. The fraction of sp³-hybridized carbons (Fsp3) is 0.174. The van der Waals surface area contributed by atoms with Gasteiger partial charge in [-0.25, -0.2) is 9.37 Å². The number of aromatic amines is 2. The summed E-state index contributed by atoms with van der Waals surface area (Å²) in [6.07, 6.45) is 5.71. The van der Waals surface area contributed by atoms with Gasteiger partial charge in [-0.05, 0) is 17.7 Å². The van der Waals surface area contributed by atoms with Crippen LogP contribution in [0.5, 0.6) is 5.75 Å². The lowest BCUT2D eigenvalue weighted by atomic mass is 9.83. The average Bonchev–Trinajstić information content (AvgIpc) is 3.29. The van der Waals surface area contributed by atoms with Crippen molar-refractivity contribution in [2.75, 3.05) is 5.73 Å². The third kappa shape index (κ3) is 2.82. The Morgan fingerprint density at radius 2 is 1.94 bits per heavy atom. The van der Waals surface area contributed by atoms with E-state index in [1.807, 2.05) is 0 Å². The number of hydrogen-bond donors (Lipinski definition) is 3. The van der Waals surface area contributed by atoms with Gasteiger partial charge in [-0.15, -0.1) is 0 Å². The van der Waals surface area contributed by atoms with E-state index in [1.165, 1.54) is 18.5 Å². The summed E-state index contributed by atoms with van der Waals surface area (Å²) >= 11 is 0. The highest BCUT2D eigenvalue weighted by atomic mass is 19.1. The number of pyridine rings is 1. The molecule has 6 rings (SSSR count). The number of halogens is 1. The van der Waals surface area contributed by atoms with Gasteiger partial charge >= 0.3 is 0 Å². The molecule has 4 N–H and O–H groups in total. The number of H-pyrrole nitrogens is 2. The molecule has 10 heteroatoms. The molecule has 0 amide bonds. The van der Waals surface area contributed by atoms with Crippen molar-refractivity contribution < 1.29 is 9.13 Å². The number of nitrogens with zero attached hydrogens (tertiary/aromatic N) is 4. The van der Waals surface area contributed by atoms with Crippen LogP contribution < -0.4 is 16.0 Å². The molecule has 0 atom stereocenters. The van der Waals surface area contributed by atoms with Crippen molar-refractivity contribution in [3.05, 3.63) is 53.0 Å². The van der Waals surface area contributed by atoms with Gasteiger partial charge in [0.1, 0.15) is 39.9 Å². The van der Waals surface area contributed by atoms with Crippen molar-refractivity contribution in [2.24, 2.45) is 5.92 Å². The first-order valence-corrected chi connectivity index (χ1v) is 10.3. The summed E-state index contributed by atoms with van der Waals surface area (Å²) in [4.78, 5) is 24.5. The maximum atomic E-state index is 14.3. The molecule has 0 saturated heterocycles. The Labute approximate surface area is 185 Å². The Morgan fingerprint density at radius 3 is 2.73 bits per heavy atom. The molecular formula is C23H16FN7O2. The molecule has 1 saturated carbocycles. The number of fused-ring (bicyclic) bond motifs is 4. The zero-order valence-corrected chi connectivity index (χ0v) is 17.1. The molecule has 3 aromatic heterocycles. The van der Waals surface area contributed by atoms with Crippen molar-refractivity contribution >= 4 is 38.5 Å². The van der Waals surface area contributed by atoms with E-state index in [-0.39, 0.29) is 23.2 Å². The minimum atomic E-state index is -0.491. The summed E-state index contributed by atoms with van der Waals surface area (Å²) in [6.45, 7) is 0. The van der Waals surface area contributed by atoms with Crippen molar-refractivity contribution in [1.82, 2.24) is 25.1 Å². The number of hydrogen-bond acceptors (Lipinski definition) is 7. The summed E-state index contributed by atoms with van der Waals surface area (Å²) in [5, 5.41) is 16.8. The number of nitrogen functional groups attached to an aromatic ring is 1. The van der Waals surface area contributed by atoms with Gasteiger partial charge in [-0.1, -0.05) is 6.07 Å². The number of nitrogens with one attached hydrogen (secondary N) is 2. The lowest BCUT2D eigenvalue weighted by Gasteiger charge is -2.31. The molecule has 5 aromatic rings. The third-order valence-corrected chi connectivity index (χ3v) is 6.14. The van der Waals surface area contributed by atoms with E-state index in [2.05, 4.69) is 31.2 Å². The predicted molar refractivity (Wildman–Crippen MR) is 120 cm³/mol. The number of benzene rings is 2. The number of aromatic nitrogens is 5. The van der Waals surface area contributed by atoms with Gasteiger partial charge in [0.15, 0.2) is 0 Å². The van der Waals surface area contributed by atoms with Crippen LogP contribution in [0.25, 0.3) is 44.0 Å². The quantitative estimate of drug-likeness (QED) is 0.364. The molecule has 33 heavy (non-hydrogen) atoms. The van der Waals surface area contributed by atoms with Crippen LogP contribution in [0.3, 0.4) is 0 Å². The molecule has 0 aliphatic heterocycles. The minimum Gasteiger partial charge on any atom is -0.488 e. The van der Waals surface area contributed by atoms with Crippen molar-refractivity contribution in [3.8, 4) is 22.9 Å². The monoisotopic (exact) mass is 441 g/mol. The molecule has 1 aliphatic rings. The fourth-order valence-electron chi connectivity index (χ4n) is 4.41. The second-order valence-corrected chi connectivity index (χ2v) is 8.08. The Bertz CT molecular complexity index is 1680. The highest BCUT2D eigenvalue weighted by molar-refractivity contribution is 6.14. The molecule has 0 radical (unpaired) electrons. The second kappa shape index (κ2) is 7.00. The van der Waals surface area contributed by atoms with Crippen molar-refractivity contribution in [1.29, 1.82) is 5.26 Å². The first kappa shape index (κ1) is 19.2. The minimum absolute atomic E-state index is 0.0148. The van der Waals surface area contributed by atoms with Gasteiger partial charge in [-0.2, -0.15) is 10.4 Å². The Morgan fingerprint density at radius 1 is 1.15 bits per heavy atom. The van der Waals surface area contributed by atoms with Crippen LogP contribution in [0.1, 0.15) is 12.8 Å². The van der Waals surface area contributed by atoms with E-state index in [9.17, 15) is 9.18 Å². The van der Waals surface area contributed by atoms with Crippen LogP contribution in [-0.2, 0) is 0 Å². The number of anilines is 1. The Kier molecular flexibility index (Phi) is 4.07. The zero-order valence-electron chi connectivity index (χ0n) is 17.1. The molecule has 0 bridgehead atoms. The molecule has 0 unspecified atom stereocenters. The van der Waals surface area contributed by atoms with Crippen LogP contribution in [0.4, 0.5) is 10.1 Å². The molecule has 162 valence electrons. The number of ether oxygens (including phenoxy) is 1. The summed E-state index contributed by atoms with van der Waals surface area (Å²) in [7, 11) is 0. The van der Waals surface area contributed by atoms with E-state index in [0.717, 1.165) is 0 Å². The molecule has 9 nitrogen and oxygen atoms in total. The standard InChI is InChI=1S/C23H16FN7O2/c24-15-2-1-12(14-9-29-31-19(14)15)17-13-7-16(33-11-5-10(6-11)8-25)21-22(28-4-3-27-21)20(13)30-23(32)18(17)26/h1-4,7,9-11H,5-6,26H2,(H,29,31)(H,30,32). The lowest BCUT2D eigenvalue weighted by Crippen LogP contribution is -2.32. The number of nitrogens with two attached hydrogens (primary N) is 1. The molecular weight excluding hydrogens is 425 g/mol. The highest BCUT2D eigenvalue weighted by Crippen LogP contribution is 2.41. The van der Waals surface area contributed by atoms with Gasteiger partial charge in [0.05, 0.1) is 23.7 Å². The van der Waals surface area contributed by atoms with E-state index in [1.54, 1.807) is 18.3 Å². The van der Waals surface area contributed by atoms with Crippen LogP contribution in [0.15, 0.2) is 41.6 Å². The summed E-state index contributed by atoms with van der Waals surface area (Å²) in [5.74, 6) is -0.00877. The van der Waals surface area contributed by atoms with Gasteiger partial charge < -0.3 is 15.5 Å².